The average Bonchev–Trinajstić information content (AvgIpc) is 1.77. The van der Waals surface area contributed by atoms with Crippen LogP contribution in [0, 0.1) is 98.7 Å². The molecule has 24 heteroatoms. The van der Waals surface area contributed by atoms with Gasteiger partial charge < -0.3 is 49.2 Å². The van der Waals surface area contributed by atoms with Crippen molar-refractivity contribution in [2.24, 2.45) is 33.0 Å². The SMILES string of the molecule is CC(=O)c1ccc(-c2cc(C)c(Oc3nc(Nc4ccc(C#N)cc4)nc4ncn(C)c34)c(C)c2)cc1.Cc1cc(-c2ccc(C(=O)C3CCC(C#N)C3)cc2)cc(C)c1Oc1nc(Nc2ccc(C#N)cc2)nc2ccn(C)c12.Cc1cc(-c2ccc(C(=O)NC3CC3)cc2)cc(C)c1Oc1nc(Nc2ccc(C#N)cc2)nc2ccn(C)c12. The van der Waals surface area contributed by atoms with E-state index in [-0.39, 0.29) is 29.3 Å². The van der Waals surface area contributed by atoms with Crippen molar-refractivity contribution < 1.29 is 28.6 Å². The lowest BCUT2D eigenvalue weighted by Crippen LogP contribution is -2.25. The summed E-state index contributed by atoms with van der Waals surface area (Å²) in [7, 11) is 5.73. The van der Waals surface area contributed by atoms with Gasteiger partial charge in [0.2, 0.25) is 29.6 Å². The smallest absolute Gasteiger partial charge is 0.251 e. The molecule has 6 heterocycles. The Kier molecular flexibility index (Phi) is 22.8. The molecule has 0 bridgehead atoms. The molecule has 0 aliphatic heterocycles. The summed E-state index contributed by atoms with van der Waals surface area (Å²) in [4.78, 5) is 69.3. The molecular formula is C96H82N18O6. The van der Waals surface area contributed by atoms with E-state index in [0.29, 0.717) is 104 Å². The van der Waals surface area contributed by atoms with E-state index in [1.54, 1.807) is 61.8 Å². The highest BCUT2D eigenvalue weighted by Crippen LogP contribution is 2.42. The van der Waals surface area contributed by atoms with Gasteiger partial charge in [-0.3, -0.25) is 14.4 Å². The van der Waals surface area contributed by atoms with Gasteiger partial charge in [-0.1, -0.05) is 60.7 Å². The minimum Gasteiger partial charge on any atom is -0.436 e. The number of imidazole rings is 1. The summed E-state index contributed by atoms with van der Waals surface area (Å²) in [6.45, 7) is 13.6. The third-order valence-corrected chi connectivity index (χ3v) is 21.2. The molecule has 592 valence electrons. The van der Waals surface area contributed by atoms with Crippen molar-refractivity contribution in [3.63, 3.8) is 0 Å². The molecule has 24 nitrogen and oxygen atoms in total. The van der Waals surface area contributed by atoms with Crippen molar-refractivity contribution in [3.8, 4) is 92.5 Å². The van der Waals surface area contributed by atoms with Gasteiger partial charge in [-0.15, -0.1) is 0 Å². The average molecular weight is 1580 g/mol. The highest BCUT2D eigenvalue weighted by molar-refractivity contribution is 5.99. The fraction of sp³-hybridized carbons (Fsp3) is 0.188. The van der Waals surface area contributed by atoms with Crippen LogP contribution in [0.1, 0.15) is 120 Å². The Hall–Kier alpha value is -15.7. The van der Waals surface area contributed by atoms with Gasteiger partial charge >= 0.3 is 0 Å². The zero-order chi connectivity index (χ0) is 84.0. The lowest BCUT2D eigenvalue weighted by molar-refractivity contribution is 0.0919. The summed E-state index contributed by atoms with van der Waals surface area (Å²) in [5.41, 5.74) is 22.2. The fourth-order valence-electron chi connectivity index (χ4n) is 14.7. The molecule has 2 unspecified atom stereocenters. The van der Waals surface area contributed by atoms with Crippen LogP contribution in [0.5, 0.6) is 34.9 Å². The molecule has 2 fully saturated rings. The van der Waals surface area contributed by atoms with Gasteiger partial charge in [-0.2, -0.15) is 41.0 Å². The highest BCUT2D eigenvalue weighted by atomic mass is 16.5. The number of nitriles is 4. The zero-order valence-electron chi connectivity index (χ0n) is 67.7. The van der Waals surface area contributed by atoms with Crippen LogP contribution in [-0.4, -0.2) is 72.1 Å². The van der Waals surface area contributed by atoms with E-state index in [0.717, 1.165) is 137 Å². The number of nitrogens with zero attached hydrogens (tertiary/aromatic N) is 14. The zero-order valence-corrected chi connectivity index (χ0v) is 67.7. The van der Waals surface area contributed by atoms with Crippen LogP contribution in [0.25, 0.3) is 66.6 Å². The number of benzene rings is 9. The van der Waals surface area contributed by atoms with Crippen LogP contribution >= 0.6 is 0 Å². The summed E-state index contributed by atoms with van der Waals surface area (Å²) >= 11 is 0. The topological polar surface area (TPSA) is 327 Å². The first-order chi connectivity index (χ1) is 58.0. The van der Waals surface area contributed by atoms with Crippen LogP contribution in [-0.2, 0) is 21.1 Å². The number of Topliss-reactive ketones (excluding diaryl/α,β-unsaturated/α-hetero) is 2. The maximum absolute atomic E-state index is 13.0. The van der Waals surface area contributed by atoms with Crippen LogP contribution in [0.2, 0.25) is 0 Å². The van der Waals surface area contributed by atoms with Gasteiger partial charge in [0, 0.05) is 85.2 Å². The van der Waals surface area contributed by atoms with E-state index in [1.165, 1.54) is 0 Å². The van der Waals surface area contributed by atoms with E-state index >= 15 is 0 Å². The van der Waals surface area contributed by atoms with E-state index < -0.39 is 0 Å². The Labute approximate surface area is 693 Å². The van der Waals surface area contributed by atoms with E-state index in [2.05, 4.69) is 107 Å². The standard InChI is InChI=1S/C35H30N6O2.C32H28N6O2.C29H24N6O2/c1-21-16-28(25-8-10-26(11-9-25)32(42)27-7-4-24(18-27)20-37)17-22(2)33(21)43-34-31-30(14-15-41(31)3)39-35(40-34)38-29-12-5-23(19-36)6-13-29;1-19-16-24(22-6-8-23(9-7-22)30(39)34-25-12-13-25)17-20(2)29(19)40-31-28-27(14-15-38(28)3)36-32(37-31)35-26-10-4-21(18-33)5-11-26;1-17-13-23(22-9-7-21(8-10-22)19(3)36)14-18(2)26(17)37-28-25-27(31-16-35(25)4)33-29(34-28)32-24-11-5-20(15-30)6-12-24/h5-6,8-17,24,27H,4,7,18H2,1-3H3,(H,38,39,40);4-11,14-17,25H,12-13H2,1-3H3,(H,34,39)(H,35,36,37);5-14,16H,1-4H3,(H,32,33,34). The van der Waals surface area contributed by atoms with Gasteiger partial charge in [0.1, 0.15) is 28.3 Å². The summed E-state index contributed by atoms with van der Waals surface area (Å²) in [5.74, 6) is 4.62. The van der Waals surface area contributed by atoms with Gasteiger partial charge in [0.05, 0.1) is 58.3 Å². The number of ether oxygens (including phenoxy) is 3. The maximum Gasteiger partial charge on any atom is 0.251 e. The first kappa shape index (κ1) is 79.6. The normalized spacial score (nSPS) is 13.3. The molecule has 2 saturated carbocycles. The fourth-order valence-corrected chi connectivity index (χ4v) is 14.7. The molecule has 4 N–H and O–H groups in total. The molecule has 15 aromatic rings. The largest absolute Gasteiger partial charge is 0.436 e. The van der Waals surface area contributed by atoms with Crippen LogP contribution < -0.4 is 35.5 Å². The number of anilines is 6. The van der Waals surface area contributed by atoms with E-state index in [4.69, 9.17) is 40.0 Å². The molecule has 2 aliphatic rings. The van der Waals surface area contributed by atoms with Gasteiger partial charge in [0.15, 0.2) is 22.7 Å². The van der Waals surface area contributed by atoms with Crippen molar-refractivity contribution in [3.05, 3.63) is 280 Å². The molecule has 120 heavy (non-hydrogen) atoms. The number of nitrogens with one attached hydrogen (secondary N) is 4. The Balaban J connectivity index is 0.000000141. The summed E-state index contributed by atoms with van der Waals surface area (Å²) in [6.07, 6.45) is 9.90. The van der Waals surface area contributed by atoms with Crippen molar-refractivity contribution in [1.29, 1.82) is 21.0 Å². The molecule has 6 aromatic heterocycles. The molecule has 9 aromatic carbocycles. The minimum atomic E-state index is -0.0614. The first-order valence-electron chi connectivity index (χ1n) is 39.1. The number of rotatable bonds is 20. The van der Waals surface area contributed by atoms with Crippen molar-refractivity contribution >= 4 is 85.6 Å². The number of aromatic nitrogens is 10. The number of fused-ring (bicyclic) bond motifs is 3. The number of hydrogen-bond acceptors (Lipinski definition) is 20. The summed E-state index contributed by atoms with van der Waals surface area (Å²) in [6, 6.07) is 69.6. The summed E-state index contributed by atoms with van der Waals surface area (Å²) in [5, 5.41) is 49.0. The number of amides is 1. The predicted molar refractivity (Wildman–Crippen MR) is 462 cm³/mol. The predicted octanol–water partition coefficient (Wildman–Crippen LogP) is 20.6. The third kappa shape index (κ3) is 17.7. The lowest BCUT2D eigenvalue weighted by atomic mass is 9.93. The molecular weight excluding hydrogens is 1500 g/mol. The molecule has 0 saturated heterocycles. The number of carbonyl (C=O) groups is 3. The molecule has 17 rings (SSSR count). The van der Waals surface area contributed by atoms with Crippen molar-refractivity contribution in [1.82, 2.24) is 53.9 Å². The third-order valence-electron chi connectivity index (χ3n) is 21.2. The summed E-state index contributed by atoms with van der Waals surface area (Å²) < 4.78 is 25.1. The first-order valence-corrected chi connectivity index (χ1v) is 39.1. The molecule has 2 atom stereocenters. The number of ketones is 2. The van der Waals surface area contributed by atoms with Crippen LogP contribution in [0.3, 0.4) is 0 Å². The lowest BCUT2D eigenvalue weighted by Gasteiger charge is -2.16. The van der Waals surface area contributed by atoms with Crippen molar-refractivity contribution in [2.75, 3.05) is 16.0 Å². The highest BCUT2D eigenvalue weighted by Gasteiger charge is 2.31. The second-order valence-corrected chi connectivity index (χ2v) is 30.2. The molecule has 2 aliphatic carbocycles. The monoisotopic (exact) mass is 1580 g/mol. The number of hydrogen-bond donors (Lipinski definition) is 4. The molecule has 0 radical (unpaired) electrons. The van der Waals surface area contributed by atoms with E-state index in [9.17, 15) is 19.6 Å². The van der Waals surface area contributed by atoms with Gasteiger partial charge in [0.25, 0.3) is 11.8 Å². The Morgan fingerprint density at radius 1 is 0.408 bits per heavy atom. The van der Waals surface area contributed by atoms with Crippen molar-refractivity contribution in [2.45, 2.75) is 86.6 Å². The maximum atomic E-state index is 13.0. The molecule has 1 amide bonds. The Morgan fingerprint density at radius 3 is 1.13 bits per heavy atom. The van der Waals surface area contributed by atoms with Gasteiger partial charge in [-0.05, 0) is 281 Å². The quantitative estimate of drug-likeness (QED) is 0.0515. The second kappa shape index (κ2) is 34.4. The number of carbonyl (C=O) groups excluding carboxylic acids is 3. The Morgan fingerprint density at radius 2 is 0.775 bits per heavy atom. The second-order valence-electron chi connectivity index (χ2n) is 30.2. The van der Waals surface area contributed by atoms with Crippen LogP contribution in [0.15, 0.2) is 213 Å². The Bertz CT molecular complexity index is 6590. The number of aryl methyl sites for hydroxylation is 9. The minimum absolute atomic E-state index is 0.00891. The van der Waals surface area contributed by atoms with Gasteiger partial charge in [-0.25, -0.2) is 15.0 Å². The molecule has 0 spiro atoms. The van der Waals surface area contributed by atoms with Crippen LogP contribution in [0.4, 0.5) is 34.9 Å². The van der Waals surface area contributed by atoms with E-state index in [1.807, 2.05) is 198 Å².